The van der Waals surface area contributed by atoms with E-state index in [1.807, 2.05) is 19.1 Å². The topological polar surface area (TPSA) is 27.7 Å². The molecule has 1 saturated heterocycles. The normalized spacial score (nSPS) is 14.3. The van der Waals surface area contributed by atoms with Crippen LogP contribution in [0.25, 0.3) is 0 Å². The van der Waals surface area contributed by atoms with Gasteiger partial charge in [-0.15, -0.1) is 0 Å². The van der Waals surface area contributed by atoms with Gasteiger partial charge in [0.15, 0.2) is 5.11 Å². The number of nitrogens with one attached hydrogen (secondary N) is 1. The van der Waals surface area contributed by atoms with E-state index in [1.165, 1.54) is 11.3 Å². The fourth-order valence-electron chi connectivity index (χ4n) is 2.99. The third-order valence-electron chi connectivity index (χ3n) is 4.38. The Labute approximate surface area is 155 Å². The van der Waals surface area contributed by atoms with E-state index >= 15 is 0 Å². The van der Waals surface area contributed by atoms with Crippen LogP contribution in [0.15, 0.2) is 48.5 Å². The second kappa shape index (κ2) is 8.21. The number of benzene rings is 2. The van der Waals surface area contributed by atoms with E-state index < -0.39 is 0 Å². The van der Waals surface area contributed by atoms with Crippen molar-refractivity contribution in [3.8, 4) is 5.75 Å². The van der Waals surface area contributed by atoms with Crippen LogP contribution in [0.2, 0.25) is 0 Å². The number of nitrogens with zero attached hydrogens (tertiary/aromatic N) is 2. The van der Waals surface area contributed by atoms with Gasteiger partial charge in [0.2, 0.25) is 0 Å². The van der Waals surface area contributed by atoms with Crippen LogP contribution in [0.4, 0.5) is 11.4 Å². The molecule has 1 heterocycles. The van der Waals surface area contributed by atoms with Crippen LogP contribution in [0, 0.1) is 6.92 Å². The van der Waals surface area contributed by atoms with Crippen LogP contribution >= 0.6 is 12.2 Å². The summed E-state index contributed by atoms with van der Waals surface area (Å²) in [5, 5.41) is 4.13. The first-order chi connectivity index (χ1) is 12.2. The predicted octanol–water partition coefficient (Wildman–Crippen LogP) is 3.91. The molecule has 3 rings (SSSR count). The Balaban J connectivity index is 1.58. The Hall–Kier alpha value is -2.27. The number of piperazine rings is 1. The van der Waals surface area contributed by atoms with E-state index in [9.17, 15) is 0 Å². The summed E-state index contributed by atoms with van der Waals surface area (Å²) >= 11 is 5.58. The van der Waals surface area contributed by atoms with Crippen molar-refractivity contribution in [2.45, 2.75) is 13.8 Å². The molecule has 2 aromatic rings. The standard InChI is InChI=1S/C20H25N3OS/c1-3-24-19-7-5-4-6-18(19)22-12-14-23(15-13-22)20(25)21-17-10-8-16(2)9-11-17/h4-11H,3,12-15H2,1-2H3,(H,21,25). The second-order valence-corrected chi connectivity index (χ2v) is 6.56. The van der Waals surface area contributed by atoms with E-state index in [4.69, 9.17) is 17.0 Å². The van der Waals surface area contributed by atoms with Gasteiger partial charge in [-0.1, -0.05) is 29.8 Å². The number of thiocarbonyl (C=S) groups is 1. The molecule has 0 bridgehead atoms. The van der Waals surface area contributed by atoms with Gasteiger partial charge in [0, 0.05) is 31.9 Å². The molecular weight excluding hydrogens is 330 g/mol. The summed E-state index contributed by atoms with van der Waals surface area (Å²) in [5.41, 5.74) is 3.46. The predicted molar refractivity (Wildman–Crippen MR) is 109 cm³/mol. The average Bonchev–Trinajstić information content (AvgIpc) is 2.64. The number of hydrogen-bond donors (Lipinski definition) is 1. The Bertz CT molecular complexity index is 709. The maximum atomic E-state index is 5.76. The number of aryl methyl sites for hydroxylation is 1. The van der Waals surface area contributed by atoms with Gasteiger partial charge in [0.1, 0.15) is 5.75 Å². The van der Waals surface area contributed by atoms with E-state index in [1.54, 1.807) is 0 Å². The first kappa shape index (κ1) is 17.5. The highest BCUT2D eigenvalue weighted by atomic mass is 32.1. The highest BCUT2D eigenvalue weighted by molar-refractivity contribution is 7.80. The number of rotatable bonds is 4. The van der Waals surface area contributed by atoms with Crippen LogP contribution in [0.1, 0.15) is 12.5 Å². The van der Waals surface area contributed by atoms with Gasteiger partial charge in [-0.05, 0) is 50.3 Å². The minimum absolute atomic E-state index is 0.682. The maximum absolute atomic E-state index is 5.76. The smallest absolute Gasteiger partial charge is 0.173 e. The molecule has 2 aromatic carbocycles. The number of para-hydroxylation sites is 2. The second-order valence-electron chi connectivity index (χ2n) is 6.17. The minimum Gasteiger partial charge on any atom is -0.492 e. The number of anilines is 2. The molecule has 5 heteroatoms. The lowest BCUT2D eigenvalue weighted by Gasteiger charge is -2.38. The minimum atomic E-state index is 0.682. The largest absolute Gasteiger partial charge is 0.492 e. The van der Waals surface area contributed by atoms with E-state index in [2.05, 4.69) is 58.4 Å². The molecule has 0 amide bonds. The van der Waals surface area contributed by atoms with Crippen molar-refractivity contribution in [1.29, 1.82) is 0 Å². The summed E-state index contributed by atoms with van der Waals surface area (Å²) in [6, 6.07) is 16.6. The molecule has 0 spiro atoms. The first-order valence-corrected chi connectivity index (χ1v) is 9.17. The van der Waals surface area contributed by atoms with Crippen molar-refractivity contribution in [3.63, 3.8) is 0 Å². The van der Waals surface area contributed by atoms with Gasteiger partial charge in [0.05, 0.1) is 12.3 Å². The van der Waals surface area contributed by atoms with Gasteiger partial charge in [-0.3, -0.25) is 0 Å². The molecule has 0 saturated carbocycles. The van der Waals surface area contributed by atoms with Crippen LogP contribution in [0.5, 0.6) is 5.75 Å². The summed E-state index contributed by atoms with van der Waals surface area (Å²) in [7, 11) is 0. The van der Waals surface area contributed by atoms with E-state index in [0.29, 0.717) is 6.61 Å². The molecule has 1 aliphatic heterocycles. The van der Waals surface area contributed by atoms with Crippen molar-refractivity contribution in [1.82, 2.24) is 4.90 Å². The monoisotopic (exact) mass is 355 g/mol. The van der Waals surface area contributed by atoms with Crippen molar-refractivity contribution < 1.29 is 4.74 Å². The number of ether oxygens (including phenoxy) is 1. The molecule has 25 heavy (non-hydrogen) atoms. The highest BCUT2D eigenvalue weighted by Gasteiger charge is 2.21. The van der Waals surface area contributed by atoms with Crippen molar-refractivity contribution in [3.05, 3.63) is 54.1 Å². The first-order valence-electron chi connectivity index (χ1n) is 8.76. The fourth-order valence-corrected chi connectivity index (χ4v) is 3.29. The van der Waals surface area contributed by atoms with Gasteiger partial charge in [-0.25, -0.2) is 0 Å². The Morgan fingerprint density at radius 1 is 1.04 bits per heavy atom. The Morgan fingerprint density at radius 3 is 2.40 bits per heavy atom. The molecular formula is C20H25N3OS. The molecule has 1 N–H and O–H groups in total. The van der Waals surface area contributed by atoms with Gasteiger partial charge in [-0.2, -0.15) is 0 Å². The van der Waals surface area contributed by atoms with E-state index in [-0.39, 0.29) is 0 Å². The lowest BCUT2D eigenvalue weighted by atomic mass is 10.2. The zero-order valence-electron chi connectivity index (χ0n) is 14.9. The quantitative estimate of drug-likeness (QED) is 0.840. The molecule has 0 aliphatic carbocycles. The lowest BCUT2D eigenvalue weighted by molar-refractivity contribution is 0.336. The van der Waals surface area contributed by atoms with Gasteiger partial charge < -0.3 is 19.9 Å². The van der Waals surface area contributed by atoms with Crippen molar-refractivity contribution >= 4 is 28.7 Å². The molecule has 4 nitrogen and oxygen atoms in total. The lowest BCUT2D eigenvalue weighted by Crippen LogP contribution is -2.50. The fraction of sp³-hybridized carbons (Fsp3) is 0.350. The van der Waals surface area contributed by atoms with Crippen molar-refractivity contribution in [2.75, 3.05) is 43.0 Å². The van der Waals surface area contributed by atoms with Crippen LogP contribution in [-0.4, -0.2) is 42.8 Å². The zero-order chi connectivity index (χ0) is 17.6. The molecule has 1 fully saturated rings. The van der Waals surface area contributed by atoms with Gasteiger partial charge >= 0.3 is 0 Å². The summed E-state index contributed by atoms with van der Waals surface area (Å²) in [6.07, 6.45) is 0. The van der Waals surface area contributed by atoms with Crippen LogP contribution < -0.4 is 15.0 Å². The average molecular weight is 356 g/mol. The zero-order valence-corrected chi connectivity index (χ0v) is 15.7. The Morgan fingerprint density at radius 2 is 1.72 bits per heavy atom. The summed E-state index contributed by atoms with van der Waals surface area (Å²) in [4.78, 5) is 4.60. The van der Waals surface area contributed by atoms with Gasteiger partial charge in [0.25, 0.3) is 0 Å². The molecule has 132 valence electrons. The molecule has 0 aromatic heterocycles. The third-order valence-corrected chi connectivity index (χ3v) is 4.74. The van der Waals surface area contributed by atoms with E-state index in [0.717, 1.165) is 42.7 Å². The third kappa shape index (κ3) is 4.42. The molecule has 1 aliphatic rings. The Kier molecular flexibility index (Phi) is 5.76. The highest BCUT2D eigenvalue weighted by Crippen LogP contribution is 2.28. The summed E-state index contributed by atoms with van der Waals surface area (Å²) in [6.45, 7) is 8.45. The maximum Gasteiger partial charge on any atom is 0.173 e. The molecule has 0 radical (unpaired) electrons. The molecule has 0 unspecified atom stereocenters. The summed E-state index contributed by atoms with van der Waals surface area (Å²) in [5.74, 6) is 0.957. The molecule has 0 atom stereocenters. The SMILES string of the molecule is CCOc1ccccc1N1CCN(C(=S)Nc2ccc(C)cc2)CC1. The van der Waals surface area contributed by atoms with Crippen molar-refractivity contribution in [2.24, 2.45) is 0 Å². The van der Waals surface area contributed by atoms with Crippen LogP contribution in [-0.2, 0) is 0 Å². The summed E-state index contributed by atoms with van der Waals surface area (Å²) < 4.78 is 5.76. The number of hydrogen-bond acceptors (Lipinski definition) is 3. The van der Waals surface area contributed by atoms with Crippen LogP contribution in [0.3, 0.4) is 0 Å².